The standard InChI is InChI=1S/C32H57N3O14/c1-18(14-33-25(41)9-5-7-13-47-32-27(35-20(3)39)31(45)29(43)23(16-37)49-32)10-11-21(40)8-4-6-12-46-17-24-26(34-19(2)38)30(44)28(42)22(15-36)48-24/h18,22-24,26-32,36-37,42-45H,4-17H2,1-3H3,(H,33,41)(H,34,38)(H,35,39)/t18?,22?,23?,24-,26+,27-,28-,29-,30?,31?,32+/m0/s1. The normalized spacial score (nSPS) is 30.7. The molecular formula is C32H57N3O14. The summed E-state index contributed by atoms with van der Waals surface area (Å²) in [6.07, 6.45) is -5.52. The number of carbonyl (C=O) groups excluding carboxylic acids is 4. The third-order valence-corrected chi connectivity index (χ3v) is 8.57. The summed E-state index contributed by atoms with van der Waals surface area (Å²) in [5, 5.41) is 67.6. The molecule has 284 valence electrons. The van der Waals surface area contributed by atoms with Crippen LogP contribution in [0.1, 0.15) is 72.1 Å². The Labute approximate surface area is 287 Å². The number of aliphatic hydroxyl groups is 6. The van der Waals surface area contributed by atoms with Crippen LogP contribution in [0.15, 0.2) is 0 Å². The number of nitrogens with one attached hydrogen (secondary N) is 3. The average molecular weight is 708 g/mol. The van der Waals surface area contributed by atoms with Crippen LogP contribution in [0.2, 0.25) is 0 Å². The Kier molecular flexibility index (Phi) is 19.7. The second kappa shape index (κ2) is 22.5. The lowest BCUT2D eigenvalue weighted by Gasteiger charge is -2.42. The second-order valence-electron chi connectivity index (χ2n) is 12.9. The number of unbranched alkanes of at least 4 members (excludes halogenated alkanes) is 2. The number of aliphatic hydroxyl groups excluding tert-OH is 6. The fraction of sp³-hybridized carbons (Fsp3) is 0.875. The van der Waals surface area contributed by atoms with Crippen LogP contribution >= 0.6 is 0 Å². The molecule has 49 heavy (non-hydrogen) atoms. The van der Waals surface area contributed by atoms with E-state index < -0.39 is 86.1 Å². The van der Waals surface area contributed by atoms with Crippen molar-refractivity contribution in [2.45, 2.75) is 133 Å². The molecule has 3 amide bonds. The number of rotatable bonds is 22. The predicted octanol–water partition coefficient (Wildman–Crippen LogP) is -2.61. The number of ketones is 1. The maximum absolute atomic E-state index is 12.4. The molecule has 0 bridgehead atoms. The monoisotopic (exact) mass is 707 g/mol. The first-order chi connectivity index (χ1) is 23.3. The van der Waals surface area contributed by atoms with Crippen LogP contribution in [-0.4, -0.2) is 155 Å². The quantitative estimate of drug-likeness (QED) is 0.0523. The van der Waals surface area contributed by atoms with Gasteiger partial charge < -0.3 is 65.5 Å². The molecule has 2 aliphatic heterocycles. The van der Waals surface area contributed by atoms with E-state index in [1.165, 1.54) is 13.8 Å². The first kappa shape index (κ1) is 42.8. The van der Waals surface area contributed by atoms with Gasteiger partial charge in [-0.1, -0.05) is 6.92 Å². The number of ether oxygens (including phenoxy) is 4. The van der Waals surface area contributed by atoms with Crippen LogP contribution in [0.25, 0.3) is 0 Å². The highest BCUT2D eigenvalue weighted by Gasteiger charge is 2.46. The molecule has 9 N–H and O–H groups in total. The van der Waals surface area contributed by atoms with Crippen LogP contribution in [0.5, 0.6) is 0 Å². The summed E-state index contributed by atoms with van der Waals surface area (Å²) in [5.41, 5.74) is 0. The Morgan fingerprint density at radius 2 is 1.29 bits per heavy atom. The van der Waals surface area contributed by atoms with Crippen LogP contribution in [-0.2, 0) is 38.1 Å². The van der Waals surface area contributed by atoms with E-state index in [1.807, 2.05) is 6.92 Å². The molecular weight excluding hydrogens is 650 g/mol. The van der Waals surface area contributed by atoms with Gasteiger partial charge in [-0.05, 0) is 38.0 Å². The fourth-order valence-electron chi connectivity index (χ4n) is 5.69. The predicted molar refractivity (Wildman–Crippen MR) is 172 cm³/mol. The zero-order chi connectivity index (χ0) is 36.5. The third kappa shape index (κ3) is 14.8. The lowest BCUT2D eigenvalue weighted by atomic mass is 9.93. The van der Waals surface area contributed by atoms with Gasteiger partial charge in [0, 0.05) is 52.9 Å². The SMILES string of the molecule is CC(=O)N[C@H]1C(O)[C@@H](O)C(CO)O[C@H]1OCCCCC(=O)NCC(C)CCC(=O)CCCCOC[C@@H]1OC(CO)[C@H](O)C(O)[C@@H]1NC(C)=O. The van der Waals surface area contributed by atoms with E-state index in [-0.39, 0.29) is 37.2 Å². The van der Waals surface area contributed by atoms with Crippen molar-refractivity contribution in [3.05, 3.63) is 0 Å². The van der Waals surface area contributed by atoms with Gasteiger partial charge in [0.25, 0.3) is 0 Å². The number of carbonyl (C=O) groups is 4. The first-order valence-corrected chi connectivity index (χ1v) is 17.1. The van der Waals surface area contributed by atoms with Crippen molar-refractivity contribution in [2.24, 2.45) is 5.92 Å². The van der Waals surface area contributed by atoms with E-state index >= 15 is 0 Å². The molecule has 17 nitrogen and oxygen atoms in total. The molecule has 17 heteroatoms. The van der Waals surface area contributed by atoms with Crippen molar-refractivity contribution < 1.29 is 68.8 Å². The van der Waals surface area contributed by atoms with Crippen LogP contribution in [0, 0.1) is 5.92 Å². The molecule has 0 aromatic carbocycles. The van der Waals surface area contributed by atoms with Crippen molar-refractivity contribution in [1.82, 2.24) is 16.0 Å². The molecule has 2 heterocycles. The summed E-state index contributed by atoms with van der Waals surface area (Å²) >= 11 is 0. The highest BCUT2D eigenvalue weighted by atomic mass is 16.7. The van der Waals surface area contributed by atoms with Gasteiger partial charge in [0.15, 0.2) is 6.29 Å². The smallest absolute Gasteiger partial charge is 0.220 e. The van der Waals surface area contributed by atoms with Gasteiger partial charge >= 0.3 is 0 Å². The molecule has 2 rings (SSSR count). The van der Waals surface area contributed by atoms with Crippen molar-refractivity contribution in [1.29, 1.82) is 0 Å². The van der Waals surface area contributed by atoms with E-state index in [9.17, 15) is 49.8 Å². The molecule has 2 fully saturated rings. The third-order valence-electron chi connectivity index (χ3n) is 8.57. The summed E-state index contributed by atoms with van der Waals surface area (Å²) in [7, 11) is 0. The van der Waals surface area contributed by atoms with E-state index in [0.29, 0.717) is 58.1 Å². The van der Waals surface area contributed by atoms with Gasteiger partial charge in [0.2, 0.25) is 17.7 Å². The van der Waals surface area contributed by atoms with E-state index in [1.54, 1.807) is 0 Å². The molecule has 2 aliphatic rings. The minimum atomic E-state index is -1.39. The van der Waals surface area contributed by atoms with Crippen LogP contribution in [0.3, 0.4) is 0 Å². The largest absolute Gasteiger partial charge is 0.394 e. The summed E-state index contributed by atoms with van der Waals surface area (Å²) in [5.74, 6) is -0.784. The molecule has 11 atom stereocenters. The number of hydrogen-bond donors (Lipinski definition) is 9. The van der Waals surface area contributed by atoms with Crippen LogP contribution in [0.4, 0.5) is 0 Å². The molecule has 0 spiro atoms. The van der Waals surface area contributed by atoms with Crippen molar-refractivity contribution in [2.75, 3.05) is 39.6 Å². The zero-order valence-corrected chi connectivity index (χ0v) is 28.7. The molecule has 0 aromatic rings. The summed E-state index contributed by atoms with van der Waals surface area (Å²) in [4.78, 5) is 47.7. The Morgan fingerprint density at radius 1 is 0.714 bits per heavy atom. The zero-order valence-electron chi connectivity index (χ0n) is 28.7. The van der Waals surface area contributed by atoms with Crippen molar-refractivity contribution >= 4 is 23.5 Å². The summed E-state index contributed by atoms with van der Waals surface area (Å²) in [6.45, 7) is 4.39. The average Bonchev–Trinajstić information content (AvgIpc) is 3.06. The van der Waals surface area contributed by atoms with Gasteiger partial charge in [0.05, 0.1) is 25.9 Å². The topological polar surface area (TPSA) is 263 Å². The minimum absolute atomic E-state index is 0.0224. The Hall–Kier alpha value is -2.32. The molecule has 0 radical (unpaired) electrons. The van der Waals surface area contributed by atoms with Gasteiger partial charge in [-0.25, -0.2) is 0 Å². The fourth-order valence-corrected chi connectivity index (χ4v) is 5.69. The number of Topliss-reactive ketones (excluding diaryl/α,β-unsaturated/α-hetero) is 1. The first-order valence-electron chi connectivity index (χ1n) is 17.1. The lowest BCUT2D eigenvalue weighted by Crippen LogP contribution is -2.65. The van der Waals surface area contributed by atoms with E-state index in [0.717, 1.165) is 0 Å². The van der Waals surface area contributed by atoms with Gasteiger partial charge in [0.1, 0.15) is 54.6 Å². The molecule has 5 unspecified atom stereocenters. The maximum Gasteiger partial charge on any atom is 0.220 e. The number of amides is 3. The minimum Gasteiger partial charge on any atom is -0.394 e. The Bertz CT molecular complexity index is 1020. The Balaban J connectivity index is 1.55. The lowest BCUT2D eigenvalue weighted by molar-refractivity contribution is -0.270. The van der Waals surface area contributed by atoms with Crippen molar-refractivity contribution in [3.63, 3.8) is 0 Å². The number of hydrogen-bond acceptors (Lipinski definition) is 14. The highest BCUT2D eigenvalue weighted by Crippen LogP contribution is 2.23. The van der Waals surface area contributed by atoms with Gasteiger partial charge in [-0.15, -0.1) is 0 Å². The molecule has 2 saturated heterocycles. The summed E-state index contributed by atoms with van der Waals surface area (Å²) < 4.78 is 22.4. The molecule has 0 aliphatic carbocycles. The molecule has 0 saturated carbocycles. The molecule has 0 aromatic heterocycles. The van der Waals surface area contributed by atoms with E-state index in [4.69, 9.17) is 18.9 Å². The van der Waals surface area contributed by atoms with Gasteiger partial charge in [-0.3, -0.25) is 19.2 Å². The Morgan fingerprint density at radius 3 is 1.92 bits per heavy atom. The summed E-state index contributed by atoms with van der Waals surface area (Å²) in [6, 6.07) is -1.92. The highest BCUT2D eigenvalue weighted by molar-refractivity contribution is 5.78. The van der Waals surface area contributed by atoms with Crippen molar-refractivity contribution in [3.8, 4) is 0 Å². The maximum atomic E-state index is 12.4. The second-order valence-corrected chi connectivity index (χ2v) is 12.9. The van der Waals surface area contributed by atoms with Gasteiger partial charge in [-0.2, -0.15) is 0 Å². The van der Waals surface area contributed by atoms with Crippen LogP contribution < -0.4 is 16.0 Å². The van der Waals surface area contributed by atoms with E-state index in [2.05, 4.69) is 16.0 Å².